The van der Waals surface area contributed by atoms with E-state index in [1.807, 2.05) is 69.3 Å². The van der Waals surface area contributed by atoms with Gasteiger partial charge in [0, 0.05) is 19.0 Å². The number of carbonyl (C=O) groups is 4. The van der Waals surface area contributed by atoms with Crippen molar-refractivity contribution in [1.82, 2.24) is 15.5 Å². The van der Waals surface area contributed by atoms with Crippen LogP contribution in [0.25, 0.3) is 0 Å². The highest BCUT2D eigenvalue weighted by Gasteiger charge is 2.39. The number of hydrogen-bond acceptors (Lipinski definition) is 5. The maximum atomic E-state index is 14.6. The molecule has 0 aliphatic carbocycles. The molecule has 2 aromatic rings. The summed E-state index contributed by atoms with van der Waals surface area (Å²) in [5, 5.41) is 5.71. The maximum absolute atomic E-state index is 14.6. The first-order chi connectivity index (χ1) is 20.1. The van der Waals surface area contributed by atoms with E-state index in [1.54, 1.807) is 25.7 Å². The molecule has 43 heavy (non-hydrogen) atoms. The predicted octanol–water partition coefficient (Wildman–Crippen LogP) is 5.47. The number of amides is 4. The molecule has 4 amide bonds. The molecule has 0 spiro atoms. The summed E-state index contributed by atoms with van der Waals surface area (Å²) in [6.45, 7) is 15.4. The first-order valence-electron chi connectivity index (χ1n) is 15.1. The summed E-state index contributed by atoms with van der Waals surface area (Å²) >= 11 is 0. The highest BCUT2D eigenvalue weighted by molar-refractivity contribution is 5.93. The van der Waals surface area contributed by atoms with Gasteiger partial charge in [0.05, 0.1) is 0 Å². The van der Waals surface area contributed by atoms with Crippen molar-refractivity contribution in [2.45, 2.75) is 111 Å². The Labute approximate surface area is 256 Å². The third kappa shape index (κ3) is 11.7. The Hall–Kier alpha value is -3.88. The average molecular weight is 595 g/mol. The lowest BCUT2D eigenvalue weighted by molar-refractivity contribution is -0.145. The van der Waals surface area contributed by atoms with Crippen LogP contribution in [0.5, 0.6) is 0 Å². The molecular weight excluding hydrogens is 544 g/mol. The lowest BCUT2D eigenvalue weighted by atomic mass is 9.93. The molecule has 0 saturated carbocycles. The van der Waals surface area contributed by atoms with Crippen molar-refractivity contribution in [3.63, 3.8) is 0 Å². The van der Waals surface area contributed by atoms with Crippen LogP contribution < -0.4 is 16.4 Å². The molecule has 236 valence electrons. The van der Waals surface area contributed by atoms with Gasteiger partial charge in [-0.1, -0.05) is 67.9 Å². The molecule has 0 aromatic heterocycles. The number of ether oxygens (including phenoxy) is 1. The topological polar surface area (TPSA) is 131 Å². The molecule has 9 heteroatoms. The van der Waals surface area contributed by atoms with Crippen molar-refractivity contribution in [2.24, 2.45) is 11.7 Å². The van der Waals surface area contributed by atoms with Crippen LogP contribution in [0, 0.1) is 19.8 Å². The third-order valence-corrected chi connectivity index (χ3v) is 7.13. The van der Waals surface area contributed by atoms with E-state index in [2.05, 4.69) is 24.5 Å². The molecule has 2 aromatic carbocycles. The number of nitrogens with zero attached hydrogens (tertiary/aromatic N) is 1. The Morgan fingerprint density at radius 1 is 0.930 bits per heavy atom. The molecule has 0 heterocycles. The van der Waals surface area contributed by atoms with E-state index in [0.29, 0.717) is 17.9 Å². The van der Waals surface area contributed by atoms with Gasteiger partial charge in [-0.3, -0.25) is 14.4 Å². The van der Waals surface area contributed by atoms with E-state index in [1.165, 1.54) is 0 Å². The predicted molar refractivity (Wildman–Crippen MR) is 169 cm³/mol. The summed E-state index contributed by atoms with van der Waals surface area (Å²) in [6.07, 6.45) is 0.496. The van der Waals surface area contributed by atoms with Gasteiger partial charge in [0.1, 0.15) is 17.7 Å². The fourth-order valence-electron chi connectivity index (χ4n) is 4.84. The number of benzene rings is 2. The van der Waals surface area contributed by atoms with Gasteiger partial charge in [-0.05, 0) is 83.4 Å². The Morgan fingerprint density at radius 3 is 2.16 bits per heavy atom. The Morgan fingerprint density at radius 2 is 1.58 bits per heavy atom. The van der Waals surface area contributed by atoms with Gasteiger partial charge in [-0.15, -0.1) is 0 Å². The number of nitrogens with one attached hydrogen (secondary N) is 2. The molecule has 0 aliphatic heterocycles. The number of primary amides is 1. The summed E-state index contributed by atoms with van der Waals surface area (Å²) in [6, 6.07) is 12.9. The van der Waals surface area contributed by atoms with Crippen LogP contribution in [0.4, 0.5) is 4.79 Å². The third-order valence-electron chi connectivity index (χ3n) is 7.13. The standard InChI is InChI=1S/C34H50N4O5/c1-22(2)14-17-25(5)38(32(41)28(18-19-29(35)39)37-33(42)43-34(6,7)8)30(27-20-23(3)15-16-24(27)4)31(40)36-21-26-12-10-9-11-13-26/h9-13,15-16,20,22,25,28,30H,14,17-19,21H2,1-8H3,(H2,35,39)(H,36,40)(H,37,42). The van der Waals surface area contributed by atoms with Gasteiger partial charge in [0.15, 0.2) is 0 Å². The van der Waals surface area contributed by atoms with Gasteiger partial charge in [-0.25, -0.2) is 4.79 Å². The van der Waals surface area contributed by atoms with Crippen LogP contribution in [0.2, 0.25) is 0 Å². The van der Waals surface area contributed by atoms with Crippen LogP contribution >= 0.6 is 0 Å². The summed E-state index contributed by atoms with van der Waals surface area (Å²) in [5.41, 5.74) is 8.07. The van der Waals surface area contributed by atoms with Gasteiger partial charge in [0.25, 0.3) is 0 Å². The van der Waals surface area contributed by atoms with Crippen LogP contribution in [-0.4, -0.2) is 46.4 Å². The second kappa shape index (κ2) is 16.1. The van der Waals surface area contributed by atoms with Gasteiger partial charge >= 0.3 is 6.09 Å². The molecule has 3 unspecified atom stereocenters. The van der Waals surface area contributed by atoms with E-state index in [9.17, 15) is 19.2 Å². The fraction of sp³-hybridized carbons (Fsp3) is 0.529. The maximum Gasteiger partial charge on any atom is 0.408 e. The first-order valence-corrected chi connectivity index (χ1v) is 15.1. The molecule has 2 rings (SSSR count). The highest BCUT2D eigenvalue weighted by atomic mass is 16.6. The average Bonchev–Trinajstić information content (AvgIpc) is 2.92. The smallest absolute Gasteiger partial charge is 0.408 e. The molecule has 0 bridgehead atoms. The Kier molecular flexibility index (Phi) is 13.2. The molecule has 0 aliphatic rings. The van der Waals surface area contributed by atoms with Crippen LogP contribution in [-0.2, 0) is 25.7 Å². The van der Waals surface area contributed by atoms with Crippen molar-refractivity contribution >= 4 is 23.8 Å². The monoisotopic (exact) mass is 594 g/mol. The first kappa shape index (κ1) is 35.3. The molecule has 3 atom stereocenters. The van der Waals surface area contributed by atoms with E-state index in [4.69, 9.17) is 10.5 Å². The van der Waals surface area contributed by atoms with Gasteiger partial charge in [-0.2, -0.15) is 0 Å². The number of rotatable bonds is 14. The summed E-state index contributed by atoms with van der Waals surface area (Å²) in [5.74, 6) is -1.05. The zero-order valence-electron chi connectivity index (χ0n) is 27.0. The second-order valence-electron chi connectivity index (χ2n) is 12.7. The second-order valence-corrected chi connectivity index (χ2v) is 12.7. The number of aryl methyl sites for hydroxylation is 2. The minimum Gasteiger partial charge on any atom is -0.444 e. The van der Waals surface area contributed by atoms with E-state index in [0.717, 1.165) is 23.1 Å². The number of carbonyl (C=O) groups excluding carboxylic acids is 4. The van der Waals surface area contributed by atoms with Crippen molar-refractivity contribution in [2.75, 3.05) is 0 Å². The Bertz CT molecular complexity index is 1240. The highest BCUT2D eigenvalue weighted by Crippen LogP contribution is 2.31. The van der Waals surface area contributed by atoms with Crippen molar-refractivity contribution < 1.29 is 23.9 Å². The zero-order valence-corrected chi connectivity index (χ0v) is 27.0. The molecule has 4 N–H and O–H groups in total. The largest absolute Gasteiger partial charge is 0.444 e. The van der Waals surface area contributed by atoms with Crippen LogP contribution in [0.15, 0.2) is 48.5 Å². The molecule has 0 saturated heterocycles. The molecule has 9 nitrogen and oxygen atoms in total. The molecule has 0 radical (unpaired) electrons. The lowest BCUT2D eigenvalue weighted by Gasteiger charge is -2.39. The normalized spacial score (nSPS) is 13.5. The SMILES string of the molecule is Cc1ccc(C)c(C(C(=O)NCc2ccccc2)N(C(=O)C(CCC(N)=O)NC(=O)OC(C)(C)C)C(C)CCC(C)C)c1. The number of hydrogen-bond donors (Lipinski definition) is 3. The van der Waals surface area contributed by atoms with Crippen LogP contribution in [0.1, 0.15) is 95.5 Å². The Balaban J connectivity index is 2.63. The minimum atomic E-state index is -1.14. The van der Waals surface area contributed by atoms with Crippen molar-refractivity contribution in [3.05, 3.63) is 70.8 Å². The lowest BCUT2D eigenvalue weighted by Crippen LogP contribution is -2.55. The number of nitrogens with two attached hydrogens (primary N) is 1. The minimum absolute atomic E-state index is 0.0357. The summed E-state index contributed by atoms with van der Waals surface area (Å²) in [4.78, 5) is 54.9. The van der Waals surface area contributed by atoms with Gasteiger partial charge < -0.3 is 26.0 Å². The van der Waals surface area contributed by atoms with E-state index < -0.39 is 35.6 Å². The van der Waals surface area contributed by atoms with E-state index >= 15 is 0 Å². The zero-order chi connectivity index (χ0) is 32.3. The van der Waals surface area contributed by atoms with Crippen molar-refractivity contribution in [1.29, 1.82) is 0 Å². The summed E-state index contributed by atoms with van der Waals surface area (Å²) in [7, 11) is 0. The quantitative estimate of drug-likeness (QED) is 0.267. The van der Waals surface area contributed by atoms with Crippen LogP contribution in [0.3, 0.4) is 0 Å². The van der Waals surface area contributed by atoms with E-state index in [-0.39, 0.29) is 31.3 Å². The number of alkyl carbamates (subject to hydrolysis) is 1. The summed E-state index contributed by atoms with van der Waals surface area (Å²) < 4.78 is 5.44. The van der Waals surface area contributed by atoms with Gasteiger partial charge in [0.2, 0.25) is 17.7 Å². The van der Waals surface area contributed by atoms with Crippen molar-refractivity contribution in [3.8, 4) is 0 Å². The fourth-order valence-corrected chi connectivity index (χ4v) is 4.84. The molecular formula is C34H50N4O5. The molecule has 0 fully saturated rings.